The first-order chi connectivity index (χ1) is 8.31. The summed E-state index contributed by atoms with van der Waals surface area (Å²) in [6, 6.07) is 0. The van der Waals surface area contributed by atoms with Gasteiger partial charge in [0, 0.05) is 26.0 Å². The van der Waals surface area contributed by atoms with Gasteiger partial charge in [0.05, 0.1) is 6.61 Å². The maximum absolute atomic E-state index is 11.1. The second-order valence-electron chi connectivity index (χ2n) is 3.27. The largest absolute Gasteiger partial charge is 0.481 e. The quantitative estimate of drug-likeness (QED) is 0.349. The van der Waals surface area contributed by atoms with E-state index in [1.807, 2.05) is 6.92 Å². The van der Waals surface area contributed by atoms with Crippen LogP contribution in [0.4, 0.5) is 0 Å². The Kier molecular flexibility index (Phi) is 12.2. The number of hydrogen-bond acceptors (Lipinski definition) is 5. The maximum Gasteiger partial charge on any atom is 0.341 e. The molecule has 0 saturated heterocycles. The van der Waals surface area contributed by atoms with Crippen LogP contribution in [0.5, 0.6) is 0 Å². The molecule has 0 radical (unpaired) electrons. The third kappa shape index (κ3) is 16.7. The van der Waals surface area contributed by atoms with Gasteiger partial charge in [-0.2, -0.15) is 0 Å². The molecule has 0 unspecified atom stereocenters. The number of carboxylic acid groups (broad SMARTS) is 1. The minimum atomic E-state index is -0.833. The van der Waals surface area contributed by atoms with Crippen LogP contribution >= 0.6 is 0 Å². The fraction of sp³-hybridized carbons (Fsp3) is 0.583. The van der Waals surface area contributed by atoms with Gasteiger partial charge in [0.25, 0.3) is 5.97 Å². The molecule has 0 aliphatic rings. The second-order valence-corrected chi connectivity index (χ2v) is 3.27. The van der Waals surface area contributed by atoms with Crippen molar-refractivity contribution in [1.29, 1.82) is 0 Å². The van der Waals surface area contributed by atoms with E-state index in [1.165, 1.54) is 6.92 Å². The molecule has 0 heterocycles. The van der Waals surface area contributed by atoms with Crippen molar-refractivity contribution in [2.75, 3.05) is 13.2 Å². The molecular weight excluding hydrogens is 240 g/mol. The van der Waals surface area contributed by atoms with Crippen LogP contribution in [0.15, 0.2) is 11.6 Å². The van der Waals surface area contributed by atoms with E-state index < -0.39 is 17.9 Å². The molecule has 0 amide bonds. The topological polar surface area (TPSA) is 89.9 Å². The SMILES string of the molecule is CC(=O)O.CCOCCC=C(C)C(=O)OC(C)=O. The first kappa shape index (κ1) is 18.7. The summed E-state index contributed by atoms with van der Waals surface area (Å²) in [5.41, 5.74) is 0.430. The summed E-state index contributed by atoms with van der Waals surface area (Å²) < 4.78 is 9.46. The Labute approximate surface area is 107 Å². The van der Waals surface area contributed by atoms with Crippen molar-refractivity contribution in [2.24, 2.45) is 0 Å². The average molecular weight is 260 g/mol. The van der Waals surface area contributed by atoms with Crippen LogP contribution in [0, 0.1) is 0 Å². The zero-order valence-corrected chi connectivity index (χ0v) is 11.2. The van der Waals surface area contributed by atoms with E-state index in [4.69, 9.17) is 14.6 Å². The number of aliphatic carboxylic acids is 1. The third-order valence-corrected chi connectivity index (χ3v) is 1.48. The van der Waals surface area contributed by atoms with Gasteiger partial charge in [0.1, 0.15) is 0 Å². The summed E-state index contributed by atoms with van der Waals surface area (Å²) in [5.74, 6) is -2.01. The lowest BCUT2D eigenvalue weighted by atomic mass is 10.2. The first-order valence-electron chi connectivity index (χ1n) is 5.48. The van der Waals surface area contributed by atoms with Crippen molar-refractivity contribution in [3.05, 3.63) is 11.6 Å². The zero-order valence-electron chi connectivity index (χ0n) is 11.2. The summed E-state index contributed by atoms with van der Waals surface area (Å²) >= 11 is 0. The summed E-state index contributed by atoms with van der Waals surface area (Å²) in [6.07, 6.45) is 2.34. The van der Waals surface area contributed by atoms with Gasteiger partial charge in [-0.25, -0.2) is 4.79 Å². The van der Waals surface area contributed by atoms with Crippen LogP contribution in [-0.2, 0) is 23.9 Å². The summed E-state index contributed by atoms with van der Waals surface area (Å²) in [4.78, 5) is 30.5. The van der Waals surface area contributed by atoms with E-state index >= 15 is 0 Å². The third-order valence-electron chi connectivity index (χ3n) is 1.48. The molecule has 0 bridgehead atoms. The van der Waals surface area contributed by atoms with Gasteiger partial charge in [0.2, 0.25) is 0 Å². The summed E-state index contributed by atoms with van der Waals surface area (Å²) in [5, 5.41) is 7.42. The molecule has 0 aromatic carbocycles. The molecule has 0 atom stereocenters. The van der Waals surface area contributed by atoms with Gasteiger partial charge in [-0.05, 0) is 20.3 Å². The molecule has 1 N–H and O–H groups in total. The van der Waals surface area contributed by atoms with E-state index in [-0.39, 0.29) is 0 Å². The van der Waals surface area contributed by atoms with Crippen LogP contribution in [0.1, 0.15) is 34.1 Å². The minimum absolute atomic E-state index is 0.430. The zero-order chi connectivity index (χ0) is 14.6. The van der Waals surface area contributed by atoms with Gasteiger partial charge < -0.3 is 14.6 Å². The second kappa shape index (κ2) is 11.8. The number of carboxylic acids is 1. The minimum Gasteiger partial charge on any atom is -0.481 e. The number of esters is 2. The molecule has 0 saturated carbocycles. The van der Waals surface area contributed by atoms with Crippen molar-refractivity contribution in [1.82, 2.24) is 0 Å². The smallest absolute Gasteiger partial charge is 0.341 e. The molecule has 6 nitrogen and oxygen atoms in total. The normalized spacial score (nSPS) is 10.1. The molecule has 0 aromatic rings. The van der Waals surface area contributed by atoms with Crippen molar-refractivity contribution < 1.29 is 29.0 Å². The fourth-order valence-corrected chi connectivity index (χ4v) is 0.797. The van der Waals surface area contributed by atoms with E-state index in [0.717, 1.165) is 6.92 Å². The highest BCUT2D eigenvalue weighted by Gasteiger charge is 2.07. The highest BCUT2D eigenvalue weighted by atomic mass is 16.6. The first-order valence-corrected chi connectivity index (χ1v) is 5.48. The van der Waals surface area contributed by atoms with Gasteiger partial charge >= 0.3 is 11.9 Å². The van der Waals surface area contributed by atoms with E-state index in [2.05, 4.69) is 4.74 Å². The van der Waals surface area contributed by atoms with Gasteiger partial charge in [-0.1, -0.05) is 6.08 Å². The molecular formula is C12H20O6. The fourth-order valence-electron chi connectivity index (χ4n) is 0.797. The molecule has 104 valence electrons. The number of rotatable bonds is 5. The van der Waals surface area contributed by atoms with E-state index in [9.17, 15) is 9.59 Å². The highest BCUT2D eigenvalue weighted by Crippen LogP contribution is 1.99. The number of carbonyl (C=O) groups is 3. The van der Waals surface area contributed by atoms with Crippen molar-refractivity contribution >= 4 is 17.9 Å². The Morgan fingerprint density at radius 3 is 2.06 bits per heavy atom. The van der Waals surface area contributed by atoms with Gasteiger partial charge in [-0.3, -0.25) is 9.59 Å². The standard InChI is InChI=1S/C10H16O4.C2H4O2/c1-4-13-7-5-6-8(2)10(12)14-9(3)11;1-2(3)4/h6H,4-5,7H2,1-3H3;1H3,(H,3,4). The molecule has 18 heavy (non-hydrogen) atoms. The predicted octanol–water partition coefficient (Wildman–Crippen LogP) is 1.54. The van der Waals surface area contributed by atoms with Crippen molar-refractivity contribution in [2.45, 2.75) is 34.1 Å². The van der Waals surface area contributed by atoms with Gasteiger partial charge in [0.15, 0.2) is 0 Å². The Morgan fingerprint density at radius 2 is 1.67 bits per heavy atom. The monoisotopic (exact) mass is 260 g/mol. The van der Waals surface area contributed by atoms with Crippen molar-refractivity contribution in [3.63, 3.8) is 0 Å². The van der Waals surface area contributed by atoms with E-state index in [0.29, 0.717) is 25.2 Å². The van der Waals surface area contributed by atoms with E-state index in [1.54, 1.807) is 13.0 Å². The van der Waals surface area contributed by atoms with Crippen LogP contribution in [0.2, 0.25) is 0 Å². The maximum atomic E-state index is 11.1. The highest BCUT2D eigenvalue weighted by molar-refractivity contribution is 5.95. The molecule has 0 aromatic heterocycles. The van der Waals surface area contributed by atoms with Crippen LogP contribution in [-0.4, -0.2) is 36.2 Å². The lowest BCUT2D eigenvalue weighted by Gasteiger charge is -2.00. The lowest BCUT2D eigenvalue weighted by molar-refractivity contribution is -0.155. The number of carbonyl (C=O) groups excluding carboxylic acids is 2. The molecule has 0 spiro atoms. The molecule has 0 fully saturated rings. The Bertz CT molecular complexity index is 302. The van der Waals surface area contributed by atoms with Crippen molar-refractivity contribution in [3.8, 4) is 0 Å². The number of ether oxygens (including phenoxy) is 2. The molecule has 6 heteroatoms. The van der Waals surface area contributed by atoms with Crippen LogP contribution in [0.25, 0.3) is 0 Å². The Morgan fingerprint density at radius 1 is 1.17 bits per heavy atom. The Hall–Kier alpha value is -1.69. The van der Waals surface area contributed by atoms with Crippen LogP contribution < -0.4 is 0 Å². The lowest BCUT2D eigenvalue weighted by Crippen LogP contribution is -2.10. The van der Waals surface area contributed by atoms with Crippen LogP contribution in [0.3, 0.4) is 0 Å². The van der Waals surface area contributed by atoms with Gasteiger partial charge in [-0.15, -0.1) is 0 Å². The summed E-state index contributed by atoms with van der Waals surface area (Å²) in [6.45, 7) is 7.02. The molecule has 0 aliphatic carbocycles. The Balaban J connectivity index is 0. The average Bonchev–Trinajstić information content (AvgIpc) is 2.22. The molecule has 0 rings (SSSR count). The predicted molar refractivity (Wildman–Crippen MR) is 64.9 cm³/mol. The summed E-state index contributed by atoms with van der Waals surface area (Å²) in [7, 11) is 0. The molecule has 0 aliphatic heterocycles. The number of hydrogen-bond donors (Lipinski definition) is 1.